The van der Waals surface area contributed by atoms with Crippen LogP contribution in [0.15, 0.2) is 0 Å². The highest BCUT2D eigenvalue weighted by atomic mass is 16.2. The molecule has 6 nitrogen and oxygen atoms in total. The number of carbonyl (C=O) groups excluding carboxylic acids is 2. The van der Waals surface area contributed by atoms with E-state index in [4.69, 9.17) is 5.73 Å². The minimum Gasteiger partial charge on any atom is -0.369 e. The molecular weight excluding hydrogens is 268 g/mol. The maximum atomic E-state index is 12.7. The van der Waals surface area contributed by atoms with Gasteiger partial charge in [0.05, 0.1) is 12.0 Å². The van der Waals surface area contributed by atoms with Crippen molar-refractivity contribution in [3.63, 3.8) is 0 Å². The van der Waals surface area contributed by atoms with Gasteiger partial charge in [0.25, 0.3) is 0 Å². The predicted molar refractivity (Wildman–Crippen MR) is 81.6 cm³/mol. The van der Waals surface area contributed by atoms with Crippen LogP contribution in [0.2, 0.25) is 0 Å². The molecule has 0 aromatic rings. The fraction of sp³-hybridized carbons (Fsp3) is 0.867. The Hall–Kier alpha value is -1.14. The highest BCUT2D eigenvalue weighted by molar-refractivity contribution is 5.83. The van der Waals surface area contributed by atoms with Gasteiger partial charge in [0, 0.05) is 38.8 Å². The van der Waals surface area contributed by atoms with Gasteiger partial charge in [-0.15, -0.1) is 0 Å². The molecular formula is C15H28N4O2. The SMILES string of the molecule is CC1CN(C)CCN1C(C)C(=O)N1CCCC(C(N)=O)C1. The van der Waals surface area contributed by atoms with E-state index in [1.165, 1.54) is 0 Å². The van der Waals surface area contributed by atoms with Gasteiger partial charge >= 0.3 is 0 Å². The molecule has 2 amide bonds. The number of primary amides is 1. The first-order valence-corrected chi connectivity index (χ1v) is 7.92. The number of amides is 2. The lowest BCUT2D eigenvalue weighted by Crippen LogP contribution is -2.58. The lowest BCUT2D eigenvalue weighted by Gasteiger charge is -2.43. The maximum absolute atomic E-state index is 12.7. The van der Waals surface area contributed by atoms with Crippen LogP contribution < -0.4 is 5.73 Å². The van der Waals surface area contributed by atoms with Gasteiger partial charge in [-0.1, -0.05) is 0 Å². The number of likely N-dealkylation sites (N-methyl/N-ethyl adjacent to an activating group) is 1. The molecule has 2 aliphatic heterocycles. The van der Waals surface area contributed by atoms with Gasteiger partial charge < -0.3 is 15.5 Å². The van der Waals surface area contributed by atoms with Gasteiger partial charge in [-0.2, -0.15) is 0 Å². The molecule has 2 N–H and O–H groups in total. The molecule has 0 bridgehead atoms. The number of nitrogens with zero attached hydrogens (tertiary/aromatic N) is 3. The Morgan fingerprint density at radius 3 is 2.52 bits per heavy atom. The fourth-order valence-electron chi connectivity index (χ4n) is 3.54. The van der Waals surface area contributed by atoms with Crippen molar-refractivity contribution >= 4 is 11.8 Å². The van der Waals surface area contributed by atoms with Crippen molar-refractivity contribution in [1.29, 1.82) is 0 Å². The first kappa shape index (κ1) is 16.2. The predicted octanol–water partition coefficient (Wildman–Crippen LogP) is -0.265. The zero-order chi connectivity index (χ0) is 15.6. The van der Waals surface area contributed by atoms with E-state index in [2.05, 4.69) is 23.8 Å². The topological polar surface area (TPSA) is 69.9 Å². The minimum atomic E-state index is -0.284. The summed E-state index contributed by atoms with van der Waals surface area (Å²) < 4.78 is 0. The molecule has 2 rings (SSSR count). The van der Waals surface area contributed by atoms with Gasteiger partial charge in [-0.25, -0.2) is 0 Å². The Morgan fingerprint density at radius 2 is 1.90 bits per heavy atom. The third-order valence-corrected chi connectivity index (χ3v) is 4.87. The normalized spacial score (nSPS) is 30.1. The summed E-state index contributed by atoms with van der Waals surface area (Å²) in [5, 5.41) is 0. The van der Waals surface area contributed by atoms with Crippen molar-refractivity contribution in [2.24, 2.45) is 11.7 Å². The zero-order valence-electron chi connectivity index (χ0n) is 13.4. The molecule has 0 radical (unpaired) electrons. The van der Waals surface area contributed by atoms with Crippen LogP contribution in [0.1, 0.15) is 26.7 Å². The van der Waals surface area contributed by atoms with Crippen molar-refractivity contribution in [1.82, 2.24) is 14.7 Å². The molecule has 6 heteroatoms. The smallest absolute Gasteiger partial charge is 0.239 e. The highest BCUT2D eigenvalue weighted by Crippen LogP contribution is 2.19. The molecule has 0 aromatic heterocycles. The summed E-state index contributed by atoms with van der Waals surface area (Å²) in [5.74, 6) is -0.328. The molecule has 0 aromatic carbocycles. The van der Waals surface area contributed by atoms with Crippen molar-refractivity contribution in [3.8, 4) is 0 Å². The van der Waals surface area contributed by atoms with Crippen molar-refractivity contribution in [3.05, 3.63) is 0 Å². The number of hydrogen-bond donors (Lipinski definition) is 1. The van der Waals surface area contributed by atoms with E-state index >= 15 is 0 Å². The van der Waals surface area contributed by atoms with E-state index in [0.717, 1.165) is 39.0 Å². The summed E-state index contributed by atoms with van der Waals surface area (Å²) >= 11 is 0. The van der Waals surface area contributed by atoms with Crippen LogP contribution in [0.3, 0.4) is 0 Å². The molecule has 21 heavy (non-hydrogen) atoms. The Bertz CT molecular complexity index is 401. The first-order chi connectivity index (χ1) is 9.90. The van der Waals surface area contributed by atoms with Gasteiger partial charge in [-0.05, 0) is 33.7 Å². The van der Waals surface area contributed by atoms with E-state index in [1.807, 2.05) is 11.8 Å². The van der Waals surface area contributed by atoms with Crippen molar-refractivity contribution in [2.45, 2.75) is 38.8 Å². The monoisotopic (exact) mass is 296 g/mol. The van der Waals surface area contributed by atoms with Crippen LogP contribution in [0.25, 0.3) is 0 Å². The third-order valence-electron chi connectivity index (χ3n) is 4.87. The highest BCUT2D eigenvalue weighted by Gasteiger charge is 2.34. The van der Waals surface area contributed by atoms with Crippen LogP contribution in [-0.4, -0.2) is 78.4 Å². The second-order valence-corrected chi connectivity index (χ2v) is 6.55. The summed E-state index contributed by atoms with van der Waals surface area (Å²) in [4.78, 5) is 30.5. The standard InChI is InChI=1S/C15H28N4O2/c1-11-9-17(3)7-8-19(11)12(2)15(21)18-6-4-5-13(10-18)14(16)20/h11-13H,4-10H2,1-3H3,(H2,16,20). The lowest BCUT2D eigenvalue weighted by molar-refractivity contribution is -0.141. The molecule has 2 aliphatic rings. The number of piperidine rings is 1. The number of rotatable bonds is 3. The molecule has 0 spiro atoms. The van der Waals surface area contributed by atoms with Crippen LogP contribution in [0, 0.1) is 5.92 Å². The number of piperazine rings is 1. The van der Waals surface area contributed by atoms with Gasteiger partial charge in [0.1, 0.15) is 0 Å². The van der Waals surface area contributed by atoms with E-state index in [9.17, 15) is 9.59 Å². The quantitative estimate of drug-likeness (QED) is 0.779. The average molecular weight is 296 g/mol. The Balaban J connectivity index is 1.97. The Kier molecular flexibility index (Phi) is 5.22. The molecule has 3 unspecified atom stereocenters. The number of hydrogen-bond acceptors (Lipinski definition) is 4. The van der Waals surface area contributed by atoms with Crippen molar-refractivity contribution < 1.29 is 9.59 Å². The molecule has 0 aliphatic carbocycles. The summed E-state index contributed by atoms with van der Waals surface area (Å²) in [6, 6.07) is 0.250. The maximum Gasteiger partial charge on any atom is 0.239 e. The summed E-state index contributed by atoms with van der Waals surface area (Å²) in [5.41, 5.74) is 5.39. The van der Waals surface area contributed by atoms with Crippen LogP contribution in [-0.2, 0) is 9.59 Å². The molecule has 3 atom stereocenters. The molecule has 2 saturated heterocycles. The second kappa shape index (κ2) is 6.75. The lowest BCUT2D eigenvalue weighted by atomic mass is 9.96. The largest absolute Gasteiger partial charge is 0.369 e. The second-order valence-electron chi connectivity index (χ2n) is 6.55. The Labute approximate surface area is 127 Å². The zero-order valence-corrected chi connectivity index (χ0v) is 13.4. The number of carbonyl (C=O) groups is 2. The number of likely N-dealkylation sites (tertiary alicyclic amines) is 1. The summed E-state index contributed by atoms with van der Waals surface area (Å²) in [6.07, 6.45) is 1.67. The van der Waals surface area contributed by atoms with E-state index in [-0.39, 0.29) is 23.8 Å². The van der Waals surface area contributed by atoms with Gasteiger partial charge in [0.15, 0.2) is 0 Å². The molecule has 0 saturated carbocycles. The van der Waals surface area contributed by atoms with Gasteiger partial charge in [0.2, 0.25) is 11.8 Å². The first-order valence-electron chi connectivity index (χ1n) is 7.92. The summed E-state index contributed by atoms with van der Waals surface area (Å²) in [7, 11) is 2.11. The van der Waals surface area contributed by atoms with Crippen LogP contribution in [0.4, 0.5) is 0 Å². The van der Waals surface area contributed by atoms with E-state index in [0.29, 0.717) is 12.6 Å². The molecule has 2 heterocycles. The van der Waals surface area contributed by atoms with E-state index in [1.54, 1.807) is 0 Å². The minimum absolute atomic E-state index is 0.125. The van der Waals surface area contributed by atoms with Crippen LogP contribution >= 0.6 is 0 Å². The van der Waals surface area contributed by atoms with E-state index < -0.39 is 0 Å². The molecule has 2 fully saturated rings. The molecule has 120 valence electrons. The van der Waals surface area contributed by atoms with Crippen molar-refractivity contribution in [2.75, 3.05) is 39.8 Å². The van der Waals surface area contributed by atoms with Gasteiger partial charge in [-0.3, -0.25) is 14.5 Å². The van der Waals surface area contributed by atoms with Crippen LogP contribution in [0.5, 0.6) is 0 Å². The Morgan fingerprint density at radius 1 is 1.19 bits per heavy atom. The summed E-state index contributed by atoms with van der Waals surface area (Å²) in [6.45, 7) is 8.28. The number of nitrogens with two attached hydrogens (primary N) is 1. The fourth-order valence-corrected chi connectivity index (χ4v) is 3.54. The third kappa shape index (κ3) is 3.74. The average Bonchev–Trinajstić information content (AvgIpc) is 2.46.